The molecule has 0 aliphatic heterocycles. The van der Waals surface area contributed by atoms with Crippen molar-refractivity contribution in [1.82, 2.24) is 0 Å². The zero-order valence-electron chi connectivity index (χ0n) is 19.1. The molecule has 0 atom stereocenters. The van der Waals surface area contributed by atoms with Gasteiger partial charge in [-0.15, -0.1) is 11.3 Å². The Bertz CT molecular complexity index is 1690. The van der Waals surface area contributed by atoms with Gasteiger partial charge in [0, 0.05) is 4.70 Å². The van der Waals surface area contributed by atoms with Gasteiger partial charge in [0.25, 0.3) is 20.0 Å². The van der Waals surface area contributed by atoms with Crippen LogP contribution in [0.15, 0.2) is 81.9 Å². The minimum absolute atomic E-state index is 0.00144. The van der Waals surface area contributed by atoms with Crippen molar-refractivity contribution in [2.24, 2.45) is 0 Å². The van der Waals surface area contributed by atoms with E-state index >= 15 is 0 Å². The summed E-state index contributed by atoms with van der Waals surface area (Å²) < 4.78 is 99.7. The van der Waals surface area contributed by atoms with Crippen LogP contribution in [0.5, 0.6) is 5.75 Å². The Hall–Kier alpha value is -2.71. The summed E-state index contributed by atoms with van der Waals surface area (Å²) in [6, 6.07) is 16.5. The smallest absolute Gasteiger partial charge is 0.425 e. The zero-order chi connectivity index (χ0) is 27.9. The number of ether oxygens (including phenoxy) is 1. The summed E-state index contributed by atoms with van der Waals surface area (Å²) in [6.07, 6.45) is -5.11. The number of fused-ring (bicyclic) bond motifs is 1. The Labute approximate surface area is 230 Å². The molecule has 0 saturated carbocycles. The fourth-order valence-corrected chi connectivity index (χ4v) is 7.38. The minimum Gasteiger partial charge on any atom is -0.495 e. The highest BCUT2D eigenvalue weighted by atomic mass is 35.5. The van der Waals surface area contributed by atoms with Crippen molar-refractivity contribution in [2.45, 2.75) is 19.6 Å². The predicted octanol–water partition coefficient (Wildman–Crippen LogP) is 6.70. The van der Waals surface area contributed by atoms with Crippen molar-refractivity contribution in [3.05, 3.63) is 78.4 Å². The lowest BCUT2D eigenvalue weighted by Gasteiger charge is -2.24. The monoisotopic (exact) mass is 624 g/mol. The van der Waals surface area contributed by atoms with Crippen molar-refractivity contribution in [1.29, 1.82) is 0 Å². The molecule has 0 radical (unpaired) electrons. The molecule has 0 unspecified atom stereocenters. The first-order valence-electron chi connectivity index (χ1n) is 10.4. The highest BCUT2D eigenvalue weighted by Crippen LogP contribution is 2.49. The van der Waals surface area contributed by atoms with Crippen LogP contribution in [-0.2, 0) is 24.4 Å². The number of methoxy groups -OCH3 is 1. The number of sulfonamides is 2. The van der Waals surface area contributed by atoms with Gasteiger partial charge in [-0.1, -0.05) is 59.6 Å². The number of anilines is 2. The van der Waals surface area contributed by atoms with Gasteiger partial charge in [0.2, 0.25) is 4.33 Å². The van der Waals surface area contributed by atoms with Crippen molar-refractivity contribution in [3.8, 4) is 5.75 Å². The second-order valence-electron chi connectivity index (χ2n) is 7.80. The minimum atomic E-state index is -5.11. The van der Waals surface area contributed by atoms with Gasteiger partial charge >= 0.3 is 6.18 Å². The Kier molecular flexibility index (Phi) is 7.53. The van der Waals surface area contributed by atoms with Crippen LogP contribution < -0.4 is 14.2 Å². The number of hydrogen-bond donors (Lipinski definition) is 2. The molecule has 7 nitrogen and oxygen atoms in total. The van der Waals surface area contributed by atoms with E-state index in [1.54, 1.807) is 24.3 Å². The topological polar surface area (TPSA) is 102 Å². The average Bonchev–Trinajstić information content (AvgIpc) is 3.29. The molecule has 0 aliphatic rings. The van der Waals surface area contributed by atoms with Gasteiger partial charge in [-0.25, -0.2) is 16.8 Å². The van der Waals surface area contributed by atoms with E-state index in [4.69, 9.17) is 27.9 Å². The number of rotatable bonds is 8. The molecule has 1 aromatic heterocycles. The van der Waals surface area contributed by atoms with E-state index in [0.717, 1.165) is 35.3 Å². The SMILES string of the molecule is COc1ccc(C(Cl)(Cl)C(F)(F)F)cc1S(=O)(=O)Nc1ccccc1NS(=O)(=O)c1cc2ccccc2s1. The van der Waals surface area contributed by atoms with Gasteiger partial charge in [0.1, 0.15) is 14.9 Å². The number of hydrogen-bond acceptors (Lipinski definition) is 6. The summed E-state index contributed by atoms with van der Waals surface area (Å²) in [6.45, 7) is 0. The second kappa shape index (κ2) is 10.1. The standard InChI is InChI=1S/C23H17Cl2F3N2O5S3/c1-35-18-11-10-15(22(24,25)23(26,27)28)13-20(18)37(31,32)29-16-7-3-4-8-17(16)30-38(33,34)21-12-14-6-2-5-9-19(14)36-21/h2-13,29-30H,1H3. The Morgan fingerprint density at radius 2 is 1.39 bits per heavy atom. The van der Waals surface area contributed by atoms with Crippen molar-refractivity contribution in [3.63, 3.8) is 0 Å². The van der Waals surface area contributed by atoms with Crippen LogP contribution in [0.3, 0.4) is 0 Å². The van der Waals surface area contributed by atoms with Crippen LogP contribution in [0.2, 0.25) is 0 Å². The summed E-state index contributed by atoms with van der Waals surface area (Å²) in [4.78, 5) is -0.699. The molecule has 202 valence electrons. The highest BCUT2D eigenvalue weighted by Gasteiger charge is 2.54. The first-order valence-corrected chi connectivity index (χ1v) is 15.0. The Morgan fingerprint density at radius 1 is 0.816 bits per heavy atom. The third kappa shape index (κ3) is 5.52. The fraction of sp³-hybridized carbons (Fsp3) is 0.130. The maximum atomic E-state index is 13.4. The van der Waals surface area contributed by atoms with Crippen LogP contribution in [0.4, 0.5) is 24.5 Å². The molecule has 38 heavy (non-hydrogen) atoms. The Morgan fingerprint density at radius 3 is 1.97 bits per heavy atom. The number of para-hydroxylation sites is 2. The fourth-order valence-electron chi connectivity index (χ4n) is 3.39. The summed E-state index contributed by atoms with van der Waals surface area (Å²) in [5.41, 5.74) is -1.07. The highest BCUT2D eigenvalue weighted by molar-refractivity contribution is 7.95. The third-order valence-corrected chi connectivity index (χ3v) is 10.5. The summed E-state index contributed by atoms with van der Waals surface area (Å²) >= 11 is 12.0. The molecule has 2 N–H and O–H groups in total. The van der Waals surface area contributed by atoms with Gasteiger partial charge in [0.15, 0.2) is 0 Å². The third-order valence-electron chi connectivity index (χ3n) is 5.26. The maximum Gasteiger partial charge on any atom is 0.425 e. The van der Waals surface area contributed by atoms with E-state index < -0.39 is 41.0 Å². The lowest BCUT2D eigenvalue weighted by Crippen LogP contribution is -2.31. The van der Waals surface area contributed by atoms with Crippen LogP contribution in [-0.4, -0.2) is 30.1 Å². The van der Waals surface area contributed by atoms with E-state index in [1.165, 1.54) is 30.3 Å². The van der Waals surface area contributed by atoms with Crippen LogP contribution in [0.25, 0.3) is 10.1 Å². The van der Waals surface area contributed by atoms with E-state index in [-0.39, 0.29) is 21.3 Å². The lowest BCUT2D eigenvalue weighted by molar-refractivity contribution is -0.143. The van der Waals surface area contributed by atoms with Crippen molar-refractivity contribution >= 4 is 76.0 Å². The van der Waals surface area contributed by atoms with Crippen LogP contribution in [0, 0.1) is 0 Å². The maximum absolute atomic E-state index is 13.4. The van der Waals surface area contributed by atoms with E-state index in [9.17, 15) is 30.0 Å². The predicted molar refractivity (Wildman–Crippen MR) is 142 cm³/mol. The number of nitrogens with one attached hydrogen (secondary N) is 2. The molecule has 1 heterocycles. The Balaban J connectivity index is 1.71. The van der Waals surface area contributed by atoms with E-state index in [0.29, 0.717) is 11.5 Å². The first-order chi connectivity index (χ1) is 17.7. The van der Waals surface area contributed by atoms with Crippen molar-refractivity contribution in [2.75, 3.05) is 16.6 Å². The van der Waals surface area contributed by atoms with Gasteiger partial charge in [0.05, 0.1) is 18.5 Å². The van der Waals surface area contributed by atoms with E-state index in [1.807, 2.05) is 0 Å². The van der Waals surface area contributed by atoms with Crippen LogP contribution >= 0.6 is 34.5 Å². The summed E-state index contributed by atoms with van der Waals surface area (Å²) in [5, 5.41) is 0.715. The molecule has 0 saturated heterocycles. The van der Waals surface area contributed by atoms with Gasteiger partial charge in [-0.3, -0.25) is 9.44 Å². The first kappa shape index (κ1) is 28.3. The normalized spacial score (nSPS) is 12.9. The molecule has 0 bridgehead atoms. The molecule has 4 rings (SSSR count). The number of benzene rings is 3. The summed E-state index contributed by atoms with van der Waals surface area (Å²) in [5.74, 6) is -0.295. The molecule has 0 fully saturated rings. The quantitative estimate of drug-likeness (QED) is 0.212. The summed E-state index contributed by atoms with van der Waals surface area (Å²) in [7, 11) is -7.64. The van der Waals surface area contributed by atoms with Gasteiger partial charge in [-0.05, 0) is 47.3 Å². The molecule has 0 spiro atoms. The molecular weight excluding hydrogens is 608 g/mol. The van der Waals surface area contributed by atoms with E-state index in [2.05, 4.69) is 9.44 Å². The number of halogens is 5. The molecular formula is C23H17Cl2F3N2O5S3. The second-order valence-corrected chi connectivity index (χ2v) is 13.8. The lowest BCUT2D eigenvalue weighted by atomic mass is 10.1. The molecule has 4 aromatic rings. The average molecular weight is 625 g/mol. The largest absolute Gasteiger partial charge is 0.495 e. The van der Waals surface area contributed by atoms with Crippen molar-refractivity contribution < 1.29 is 34.7 Å². The molecule has 15 heteroatoms. The molecule has 3 aromatic carbocycles. The zero-order valence-corrected chi connectivity index (χ0v) is 23.0. The number of thiophene rings is 1. The van der Waals surface area contributed by atoms with Crippen LogP contribution in [0.1, 0.15) is 5.56 Å². The van der Waals surface area contributed by atoms with Gasteiger partial charge < -0.3 is 4.74 Å². The van der Waals surface area contributed by atoms with Gasteiger partial charge in [-0.2, -0.15) is 13.2 Å². The molecule has 0 amide bonds. The number of alkyl halides is 5. The molecule has 0 aliphatic carbocycles.